The highest BCUT2D eigenvalue weighted by Crippen LogP contribution is 2.50. The number of nitrogens with one attached hydrogen (secondary N) is 1. The number of benzene rings is 2. The summed E-state index contributed by atoms with van der Waals surface area (Å²) >= 11 is 6.26. The van der Waals surface area contributed by atoms with E-state index < -0.39 is 0 Å². The second-order valence-corrected chi connectivity index (χ2v) is 7.00. The van der Waals surface area contributed by atoms with Gasteiger partial charge in [-0.25, -0.2) is 4.98 Å². The summed E-state index contributed by atoms with van der Waals surface area (Å²) in [6, 6.07) is 18.4. The number of nitrogens with zero attached hydrogens (tertiary/aromatic N) is 1. The van der Waals surface area contributed by atoms with E-state index in [4.69, 9.17) is 21.1 Å². The van der Waals surface area contributed by atoms with Crippen LogP contribution in [0.25, 0.3) is 0 Å². The third kappa shape index (κ3) is 3.94. The van der Waals surface area contributed by atoms with Crippen molar-refractivity contribution in [1.29, 1.82) is 0 Å². The van der Waals surface area contributed by atoms with E-state index in [0.29, 0.717) is 22.3 Å². The maximum atomic E-state index is 12.7. The van der Waals surface area contributed by atoms with Crippen LogP contribution in [0.15, 0.2) is 66.9 Å². The zero-order valence-electron chi connectivity index (χ0n) is 15.3. The van der Waals surface area contributed by atoms with E-state index in [0.717, 1.165) is 17.7 Å². The van der Waals surface area contributed by atoms with E-state index >= 15 is 0 Å². The first-order valence-corrected chi connectivity index (χ1v) is 9.35. The summed E-state index contributed by atoms with van der Waals surface area (Å²) in [6.07, 6.45) is 2.41. The molecule has 4 rings (SSSR count). The molecule has 3 aromatic rings. The molecule has 5 nitrogen and oxygen atoms in total. The Hall–Kier alpha value is -3.05. The summed E-state index contributed by atoms with van der Waals surface area (Å²) in [6.45, 7) is 0. The van der Waals surface area contributed by atoms with E-state index in [1.165, 1.54) is 0 Å². The van der Waals surface area contributed by atoms with E-state index in [9.17, 15) is 4.79 Å². The van der Waals surface area contributed by atoms with E-state index in [-0.39, 0.29) is 17.7 Å². The zero-order chi connectivity index (χ0) is 19.5. The summed E-state index contributed by atoms with van der Waals surface area (Å²) in [5.41, 5.74) is 1.55. The van der Waals surface area contributed by atoms with Crippen LogP contribution in [0.5, 0.6) is 17.4 Å². The van der Waals surface area contributed by atoms with Crippen molar-refractivity contribution >= 4 is 23.2 Å². The molecule has 1 aromatic heterocycles. The van der Waals surface area contributed by atoms with Crippen molar-refractivity contribution in [2.24, 2.45) is 5.92 Å². The second kappa shape index (κ2) is 7.90. The zero-order valence-corrected chi connectivity index (χ0v) is 16.0. The molecule has 1 N–H and O–H groups in total. The van der Waals surface area contributed by atoms with Gasteiger partial charge in [0, 0.05) is 17.1 Å². The van der Waals surface area contributed by atoms with Crippen LogP contribution in [0.3, 0.4) is 0 Å². The van der Waals surface area contributed by atoms with Gasteiger partial charge in [0.05, 0.1) is 7.11 Å². The maximum Gasteiger partial charge on any atom is 0.243 e. The molecule has 0 bridgehead atoms. The molecular weight excluding hydrogens is 376 g/mol. The molecule has 1 amide bonds. The monoisotopic (exact) mass is 394 g/mol. The molecule has 1 aliphatic carbocycles. The fourth-order valence-corrected chi connectivity index (χ4v) is 3.43. The maximum absolute atomic E-state index is 12.7. The van der Waals surface area contributed by atoms with Crippen molar-refractivity contribution in [1.82, 2.24) is 4.98 Å². The summed E-state index contributed by atoms with van der Waals surface area (Å²) < 4.78 is 11.0. The predicted molar refractivity (Wildman–Crippen MR) is 108 cm³/mol. The number of ether oxygens (including phenoxy) is 2. The number of hydrogen-bond donors (Lipinski definition) is 1. The Balaban J connectivity index is 1.45. The van der Waals surface area contributed by atoms with Gasteiger partial charge in [0.15, 0.2) is 0 Å². The van der Waals surface area contributed by atoms with Gasteiger partial charge in [-0.05, 0) is 60.4 Å². The van der Waals surface area contributed by atoms with Crippen LogP contribution in [0.4, 0.5) is 5.69 Å². The van der Waals surface area contributed by atoms with Gasteiger partial charge in [-0.15, -0.1) is 0 Å². The van der Waals surface area contributed by atoms with Gasteiger partial charge in [-0.1, -0.05) is 29.8 Å². The van der Waals surface area contributed by atoms with Crippen molar-refractivity contribution in [3.8, 4) is 17.4 Å². The van der Waals surface area contributed by atoms with Gasteiger partial charge < -0.3 is 14.8 Å². The molecular formula is C22H19ClN2O3. The first-order chi connectivity index (χ1) is 13.7. The van der Waals surface area contributed by atoms with Gasteiger partial charge in [-0.2, -0.15) is 0 Å². The Morgan fingerprint density at radius 1 is 1.07 bits per heavy atom. The van der Waals surface area contributed by atoms with Gasteiger partial charge in [0.1, 0.15) is 17.2 Å². The molecule has 1 saturated carbocycles. The first kappa shape index (κ1) is 18.3. The first-order valence-electron chi connectivity index (χ1n) is 8.98. The van der Waals surface area contributed by atoms with Crippen molar-refractivity contribution < 1.29 is 14.3 Å². The lowest BCUT2D eigenvalue weighted by molar-refractivity contribution is -0.117. The molecule has 1 heterocycles. The predicted octanol–water partition coefficient (Wildman–Crippen LogP) is 5.28. The molecule has 28 heavy (non-hydrogen) atoms. The summed E-state index contributed by atoms with van der Waals surface area (Å²) in [4.78, 5) is 17.0. The summed E-state index contributed by atoms with van der Waals surface area (Å²) in [5.74, 6) is 1.68. The third-order valence-electron chi connectivity index (χ3n) is 4.73. The van der Waals surface area contributed by atoms with E-state index in [1.54, 1.807) is 49.7 Å². The van der Waals surface area contributed by atoms with Crippen LogP contribution in [0, 0.1) is 5.92 Å². The normalized spacial score (nSPS) is 17.6. The van der Waals surface area contributed by atoms with Crippen molar-refractivity contribution in [2.75, 3.05) is 12.4 Å². The van der Waals surface area contributed by atoms with Crippen LogP contribution in [0.1, 0.15) is 17.9 Å². The topological polar surface area (TPSA) is 60.5 Å². The number of halogens is 1. The number of hydrogen-bond acceptors (Lipinski definition) is 4. The Labute approximate surface area is 168 Å². The van der Waals surface area contributed by atoms with Crippen molar-refractivity contribution in [2.45, 2.75) is 12.3 Å². The minimum atomic E-state index is -0.103. The minimum absolute atomic E-state index is 0.0579. The van der Waals surface area contributed by atoms with Gasteiger partial charge in [0.25, 0.3) is 0 Å². The summed E-state index contributed by atoms with van der Waals surface area (Å²) in [7, 11) is 1.61. The van der Waals surface area contributed by atoms with Crippen LogP contribution in [0.2, 0.25) is 5.02 Å². The highest BCUT2D eigenvalue weighted by atomic mass is 35.5. The SMILES string of the molecule is COc1ccc(Oc2ncccc2NC(=O)C2CC2c2ccccc2Cl)cc1. The van der Waals surface area contributed by atoms with Crippen molar-refractivity contribution in [3.05, 3.63) is 77.4 Å². The number of methoxy groups -OCH3 is 1. The Morgan fingerprint density at radius 3 is 2.57 bits per heavy atom. The average Bonchev–Trinajstić information content (AvgIpc) is 3.51. The standard InChI is InChI=1S/C22H19ClN2O3/c1-27-14-8-10-15(11-9-14)28-22-20(7-4-12-24-22)25-21(26)18-13-17(18)16-5-2-3-6-19(16)23/h2-12,17-18H,13H2,1H3,(H,25,26). The highest BCUT2D eigenvalue weighted by Gasteiger charge is 2.45. The molecule has 1 aliphatic rings. The average molecular weight is 395 g/mol. The number of carbonyl (C=O) groups is 1. The smallest absolute Gasteiger partial charge is 0.243 e. The lowest BCUT2D eigenvalue weighted by Crippen LogP contribution is -2.15. The van der Waals surface area contributed by atoms with Crippen LogP contribution >= 0.6 is 11.6 Å². The molecule has 0 aliphatic heterocycles. The minimum Gasteiger partial charge on any atom is -0.497 e. The second-order valence-electron chi connectivity index (χ2n) is 6.59. The molecule has 0 radical (unpaired) electrons. The summed E-state index contributed by atoms with van der Waals surface area (Å²) in [5, 5.41) is 3.64. The Morgan fingerprint density at radius 2 is 1.82 bits per heavy atom. The van der Waals surface area contributed by atoms with Crippen LogP contribution in [-0.2, 0) is 4.79 Å². The van der Waals surface area contributed by atoms with Gasteiger partial charge in [-0.3, -0.25) is 4.79 Å². The lowest BCUT2D eigenvalue weighted by atomic mass is 10.1. The fraction of sp³-hybridized carbons (Fsp3) is 0.182. The number of pyridine rings is 1. The number of anilines is 1. The molecule has 2 unspecified atom stereocenters. The molecule has 142 valence electrons. The fourth-order valence-electron chi connectivity index (χ4n) is 3.15. The van der Waals surface area contributed by atoms with Gasteiger partial charge in [0.2, 0.25) is 11.8 Å². The van der Waals surface area contributed by atoms with E-state index in [2.05, 4.69) is 10.3 Å². The van der Waals surface area contributed by atoms with Gasteiger partial charge >= 0.3 is 0 Å². The largest absolute Gasteiger partial charge is 0.497 e. The lowest BCUT2D eigenvalue weighted by Gasteiger charge is -2.11. The quantitative estimate of drug-likeness (QED) is 0.618. The Bertz CT molecular complexity index is 991. The number of aromatic nitrogens is 1. The van der Waals surface area contributed by atoms with Crippen LogP contribution in [-0.4, -0.2) is 18.0 Å². The molecule has 2 atom stereocenters. The molecule has 1 fully saturated rings. The highest BCUT2D eigenvalue weighted by molar-refractivity contribution is 6.31. The number of amides is 1. The molecule has 2 aromatic carbocycles. The number of rotatable bonds is 6. The molecule has 0 saturated heterocycles. The molecule has 0 spiro atoms. The Kier molecular flexibility index (Phi) is 5.17. The third-order valence-corrected chi connectivity index (χ3v) is 5.08. The van der Waals surface area contributed by atoms with Crippen molar-refractivity contribution in [3.63, 3.8) is 0 Å². The molecule has 6 heteroatoms. The number of carbonyl (C=O) groups excluding carboxylic acids is 1. The van der Waals surface area contributed by atoms with E-state index in [1.807, 2.05) is 24.3 Å². The van der Waals surface area contributed by atoms with Crippen LogP contribution < -0.4 is 14.8 Å².